The molecule has 17 heavy (non-hydrogen) atoms. The normalized spacial score (nSPS) is 11.4. The maximum absolute atomic E-state index is 11.6. The Kier molecular flexibility index (Phi) is 5.16. The Morgan fingerprint density at radius 1 is 1.35 bits per heavy atom. The molecule has 1 amide bonds. The number of rotatable bonds is 6. The van der Waals surface area contributed by atoms with E-state index < -0.39 is 17.3 Å². The van der Waals surface area contributed by atoms with Crippen molar-refractivity contribution in [3.8, 4) is 0 Å². The molecule has 0 aliphatic heterocycles. The van der Waals surface area contributed by atoms with Crippen molar-refractivity contribution in [1.82, 2.24) is 5.32 Å². The summed E-state index contributed by atoms with van der Waals surface area (Å²) >= 11 is 5.09. The fourth-order valence-electron chi connectivity index (χ4n) is 1.22. The third-order valence-corrected chi connectivity index (χ3v) is 2.07. The molecule has 5 nitrogen and oxygen atoms in total. The van der Waals surface area contributed by atoms with Crippen molar-refractivity contribution in [3.63, 3.8) is 0 Å². The van der Waals surface area contributed by atoms with Gasteiger partial charge in [-0.3, -0.25) is 14.4 Å². The zero-order valence-corrected chi connectivity index (χ0v) is 9.52. The van der Waals surface area contributed by atoms with E-state index in [1.165, 1.54) is 0 Å². The van der Waals surface area contributed by atoms with Crippen molar-refractivity contribution in [2.75, 3.05) is 6.54 Å². The number of ether oxygens (including phenoxy) is 1. The molecule has 0 saturated carbocycles. The third kappa shape index (κ3) is 4.24. The lowest BCUT2D eigenvalue weighted by molar-refractivity contribution is -0.145. The van der Waals surface area contributed by atoms with Gasteiger partial charge in [0.15, 0.2) is 0 Å². The van der Waals surface area contributed by atoms with E-state index in [1.807, 2.05) is 0 Å². The molecule has 90 valence electrons. The summed E-state index contributed by atoms with van der Waals surface area (Å²) in [7, 11) is 0. The number of benzene rings is 1. The molecular formula is C11H10ClNO4. The van der Waals surface area contributed by atoms with E-state index in [2.05, 4.69) is 10.1 Å². The summed E-state index contributed by atoms with van der Waals surface area (Å²) in [5.41, 5.74) is 0.513. The first-order valence-corrected chi connectivity index (χ1v) is 5.13. The molecule has 1 unspecified atom stereocenters. The Labute approximate surface area is 103 Å². The SMILES string of the molecule is O=COC(C(=O)NCC(=O)Cl)c1ccccc1. The number of carbonyl (C=O) groups excluding carboxylic acids is 3. The van der Waals surface area contributed by atoms with Crippen LogP contribution < -0.4 is 5.32 Å². The van der Waals surface area contributed by atoms with Crippen LogP contribution in [-0.2, 0) is 19.1 Å². The first kappa shape index (κ1) is 13.2. The minimum Gasteiger partial charge on any atom is -0.449 e. The second-order valence-electron chi connectivity index (χ2n) is 3.10. The van der Waals surface area contributed by atoms with Crippen LogP contribution in [0, 0.1) is 0 Å². The van der Waals surface area contributed by atoms with Gasteiger partial charge in [-0.15, -0.1) is 0 Å². The van der Waals surface area contributed by atoms with E-state index in [0.717, 1.165) is 0 Å². The maximum Gasteiger partial charge on any atom is 0.294 e. The Morgan fingerprint density at radius 2 is 2.00 bits per heavy atom. The molecule has 1 rings (SSSR count). The molecule has 0 saturated heterocycles. The molecule has 0 aliphatic rings. The van der Waals surface area contributed by atoms with E-state index in [0.29, 0.717) is 5.56 Å². The van der Waals surface area contributed by atoms with Crippen LogP contribution in [0.25, 0.3) is 0 Å². The second kappa shape index (κ2) is 6.65. The van der Waals surface area contributed by atoms with Gasteiger partial charge in [-0.05, 0) is 11.6 Å². The monoisotopic (exact) mass is 255 g/mol. The lowest BCUT2D eigenvalue weighted by Crippen LogP contribution is -2.33. The van der Waals surface area contributed by atoms with Crippen molar-refractivity contribution in [1.29, 1.82) is 0 Å². The van der Waals surface area contributed by atoms with Crippen LogP contribution in [0.1, 0.15) is 11.7 Å². The number of amides is 1. The van der Waals surface area contributed by atoms with Gasteiger partial charge >= 0.3 is 0 Å². The Hall–Kier alpha value is -1.88. The van der Waals surface area contributed by atoms with Gasteiger partial charge in [0, 0.05) is 5.56 Å². The minimum absolute atomic E-state index is 0.180. The van der Waals surface area contributed by atoms with Crippen molar-refractivity contribution >= 4 is 29.2 Å². The van der Waals surface area contributed by atoms with E-state index in [4.69, 9.17) is 11.6 Å². The van der Waals surface area contributed by atoms with Gasteiger partial charge < -0.3 is 10.1 Å². The molecule has 0 heterocycles. The zero-order valence-electron chi connectivity index (χ0n) is 8.76. The number of halogens is 1. The van der Waals surface area contributed by atoms with Crippen molar-refractivity contribution in [2.24, 2.45) is 0 Å². The fourth-order valence-corrected chi connectivity index (χ4v) is 1.29. The van der Waals surface area contributed by atoms with Gasteiger partial charge in [-0.2, -0.15) is 0 Å². The van der Waals surface area contributed by atoms with Crippen LogP contribution >= 0.6 is 11.6 Å². The average Bonchev–Trinajstić information content (AvgIpc) is 2.34. The molecule has 0 radical (unpaired) electrons. The summed E-state index contributed by atoms with van der Waals surface area (Å²) < 4.78 is 4.68. The standard InChI is InChI=1S/C11H10ClNO4/c12-9(15)6-13-11(16)10(17-7-14)8-4-2-1-3-5-8/h1-5,7,10H,6H2,(H,13,16). The molecule has 1 aromatic carbocycles. The summed E-state index contributed by atoms with van der Waals surface area (Å²) in [5.74, 6) is -0.600. The first-order chi connectivity index (χ1) is 8.15. The topological polar surface area (TPSA) is 72.5 Å². The van der Waals surface area contributed by atoms with Crippen LogP contribution in [0.15, 0.2) is 30.3 Å². The molecule has 1 aromatic rings. The fraction of sp³-hybridized carbons (Fsp3) is 0.182. The Balaban J connectivity index is 2.75. The summed E-state index contributed by atoms with van der Waals surface area (Å²) in [6, 6.07) is 8.45. The first-order valence-electron chi connectivity index (χ1n) is 4.75. The minimum atomic E-state index is -1.08. The largest absolute Gasteiger partial charge is 0.449 e. The van der Waals surface area contributed by atoms with Crippen molar-refractivity contribution in [2.45, 2.75) is 6.10 Å². The summed E-state index contributed by atoms with van der Waals surface area (Å²) in [5, 5.41) is 1.56. The highest BCUT2D eigenvalue weighted by Gasteiger charge is 2.21. The lowest BCUT2D eigenvalue weighted by atomic mass is 10.1. The van der Waals surface area contributed by atoms with E-state index in [1.54, 1.807) is 30.3 Å². The van der Waals surface area contributed by atoms with Crippen LogP contribution in [0.3, 0.4) is 0 Å². The van der Waals surface area contributed by atoms with Gasteiger partial charge in [0.1, 0.15) is 0 Å². The molecule has 1 N–H and O–H groups in total. The second-order valence-corrected chi connectivity index (χ2v) is 3.52. The summed E-state index contributed by atoms with van der Waals surface area (Å²) in [6.07, 6.45) is -1.08. The Bertz CT molecular complexity index is 407. The highest BCUT2D eigenvalue weighted by atomic mass is 35.5. The van der Waals surface area contributed by atoms with Gasteiger partial charge in [-0.25, -0.2) is 0 Å². The molecule has 0 spiro atoms. The lowest BCUT2D eigenvalue weighted by Gasteiger charge is -2.14. The van der Waals surface area contributed by atoms with Gasteiger partial charge in [0.05, 0.1) is 6.54 Å². The predicted molar refractivity (Wildman–Crippen MR) is 60.2 cm³/mol. The van der Waals surface area contributed by atoms with Crippen molar-refractivity contribution in [3.05, 3.63) is 35.9 Å². The third-order valence-electron chi connectivity index (χ3n) is 1.93. The van der Waals surface area contributed by atoms with E-state index in [9.17, 15) is 14.4 Å². The smallest absolute Gasteiger partial charge is 0.294 e. The van der Waals surface area contributed by atoms with Crippen LogP contribution in [-0.4, -0.2) is 24.2 Å². The molecule has 0 aliphatic carbocycles. The van der Waals surface area contributed by atoms with Gasteiger partial charge in [0.25, 0.3) is 12.4 Å². The number of hydrogen-bond acceptors (Lipinski definition) is 4. The number of carbonyl (C=O) groups is 3. The molecule has 0 fully saturated rings. The van der Waals surface area contributed by atoms with Crippen LogP contribution in [0.5, 0.6) is 0 Å². The predicted octanol–water partition coefficient (Wildman–Crippen LogP) is 0.782. The molecule has 1 atom stereocenters. The molecule has 0 aromatic heterocycles. The van der Waals surface area contributed by atoms with E-state index >= 15 is 0 Å². The number of hydrogen-bond donors (Lipinski definition) is 1. The zero-order chi connectivity index (χ0) is 12.7. The van der Waals surface area contributed by atoms with Crippen LogP contribution in [0.2, 0.25) is 0 Å². The van der Waals surface area contributed by atoms with Gasteiger partial charge in [0.2, 0.25) is 11.3 Å². The molecule has 6 heteroatoms. The quantitative estimate of drug-likeness (QED) is 0.602. The van der Waals surface area contributed by atoms with Crippen molar-refractivity contribution < 1.29 is 19.1 Å². The highest BCUT2D eigenvalue weighted by Crippen LogP contribution is 2.16. The summed E-state index contributed by atoms with van der Waals surface area (Å²) in [4.78, 5) is 32.5. The molecule has 0 bridgehead atoms. The molecular weight excluding hydrogens is 246 g/mol. The maximum atomic E-state index is 11.6. The summed E-state index contributed by atoms with van der Waals surface area (Å²) in [6.45, 7) is -0.133. The Morgan fingerprint density at radius 3 is 2.53 bits per heavy atom. The number of nitrogens with one attached hydrogen (secondary N) is 1. The van der Waals surface area contributed by atoms with E-state index in [-0.39, 0.29) is 13.0 Å². The average molecular weight is 256 g/mol. The highest BCUT2D eigenvalue weighted by molar-refractivity contribution is 6.64. The van der Waals surface area contributed by atoms with Gasteiger partial charge in [-0.1, -0.05) is 30.3 Å². The van der Waals surface area contributed by atoms with Crippen LogP contribution in [0.4, 0.5) is 0 Å².